The number of aliphatic imine (C=N–C) groups is 1. The maximum Gasteiger partial charge on any atom is 0.346 e. The Morgan fingerprint density at radius 2 is 2.21 bits per heavy atom. The summed E-state index contributed by atoms with van der Waals surface area (Å²) in [6.45, 7) is 0. The SMILES string of the molecule is NC1=NC(=O)N(C2CC2)C12CCc1c(F)cccc12. The number of halogens is 1. The molecule has 1 saturated carbocycles. The van der Waals surface area contributed by atoms with Crippen molar-refractivity contribution >= 4 is 11.9 Å². The summed E-state index contributed by atoms with van der Waals surface area (Å²) in [5, 5.41) is 0. The van der Waals surface area contributed by atoms with Crippen LogP contribution in [-0.2, 0) is 12.0 Å². The van der Waals surface area contributed by atoms with E-state index < -0.39 is 5.54 Å². The molecule has 1 heterocycles. The van der Waals surface area contributed by atoms with Crippen LogP contribution in [-0.4, -0.2) is 22.8 Å². The topological polar surface area (TPSA) is 58.7 Å². The van der Waals surface area contributed by atoms with Gasteiger partial charge in [-0.05, 0) is 42.9 Å². The van der Waals surface area contributed by atoms with Crippen LogP contribution in [0, 0.1) is 5.82 Å². The van der Waals surface area contributed by atoms with E-state index in [4.69, 9.17) is 5.73 Å². The monoisotopic (exact) mass is 259 g/mol. The molecule has 4 rings (SSSR count). The molecule has 4 nitrogen and oxygen atoms in total. The predicted molar refractivity (Wildman–Crippen MR) is 68.3 cm³/mol. The number of urea groups is 1. The van der Waals surface area contributed by atoms with Crippen molar-refractivity contribution in [1.82, 2.24) is 4.90 Å². The summed E-state index contributed by atoms with van der Waals surface area (Å²) >= 11 is 0. The van der Waals surface area contributed by atoms with Crippen LogP contribution in [0.3, 0.4) is 0 Å². The molecule has 2 amide bonds. The number of benzene rings is 1. The molecule has 0 aromatic heterocycles. The van der Waals surface area contributed by atoms with Crippen LogP contribution in [0.2, 0.25) is 0 Å². The zero-order chi connectivity index (χ0) is 13.2. The van der Waals surface area contributed by atoms with Gasteiger partial charge in [-0.1, -0.05) is 12.1 Å². The largest absolute Gasteiger partial charge is 0.385 e. The quantitative estimate of drug-likeness (QED) is 0.837. The lowest BCUT2D eigenvalue weighted by molar-refractivity contribution is 0.165. The van der Waals surface area contributed by atoms with Gasteiger partial charge in [0.05, 0.1) is 0 Å². The molecule has 3 aliphatic rings. The molecule has 98 valence electrons. The average molecular weight is 259 g/mol. The number of amidine groups is 1. The Bertz CT molecular complexity index is 623. The van der Waals surface area contributed by atoms with E-state index in [1.54, 1.807) is 11.0 Å². The smallest absolute Gasteiger partial charge is 0.346 e. The molecule has 19 heavy (non-hydrogen) atoms. The molecule has 0 radical (unpaired) electrons. The number of nitrogens with two attached hydrogens (primary N) is 1. The van der Waals surface area contributed by atoms with Crippen molar-refractivity contribution in [3.05, 3.63) is 35.1 Å². The Kier molecular flexibility index (Phi) is 1.93. The summed E-state index contributed by atoms with van der Waals surface area (Å²) in [7, 11) is 0. The van der Waals surface area contributed by atoms with Crippen molar-refractivity contribution in [3.8, 4) is 0 Å². The summed E-state index contributed by atoms with van der Waals surface area (Å²) in [5.74, 6) is 0.117. The van der Waals surface area contributed by atoms with Crippen molar-refractivity contribution in [2.45, 2.75) is 37.3 Å². The number of amides is 2. The van der Waals surface area contributed by atoms with E-state index in [0.717, 1.165) is 18.4 Å². The highest BCUT2D eigenvalue weighted by molar-refractivity contribution is 6.07. The summed E-state index contributed by atoms with van der Waals surface area (Å²) in [4.78, 5) is 17.8. The summed E-state index contributed by atoms with van der Waals surface area (Å²) in [6, 6.07) is 4.97. The molecule has 1 spiro atoms. The number of carbonyl (C=O) groups is 1. The zero-order valence-corrected chi connectivity index (χ0v) is 10.4. The molecule has 5 heteroatoms. The van der Waals surface area contributed by atoms with Crippen LogP contribution in [0.5, 0.6) is 0 Å². The minimum atomic E-state index is -0.685. The Labute approximate surface area is 110 Å². The van der Waals surface area contributed by atoms with Gasteiger partial charge in [0.25, 0.3) is 0 Å². The molecule has 1 atom stereocenters. The standard InChI is InChI=1S/C14H14FN3O/c15-11-3-1-2-10-9(11)6-7-14(10)12(16)17-13(19)18(14)8-4-5-8/h1-3,8H,4-7H2,(H2,16,17,19). The molecular weight excluding hydrogens is 245 g/mol. The van der Waals surface area contributed by atoms with Gasteiger partial charge in [-0.3, -0.25) is 0 Å². The maximum absolute atomic E-state index is 13.9. The van der Waals surface area contributed by atoms with Crippen molar-refractivity contribution in [2.24, 2.45) is 10.7 Å². The van der Waals surface area contributed by atoms with Crippen LogP contribution in [0.15, 0.2) is 23.2 Å². The van der Waals surface area contributed by atoms with Crippen molar-refractivity contribution in [3.63, 3.8) is 0 Å². The van der Waals surface area contributed by atoms with Gasteiger partial charge in [0.15, 0.2) is 0 Å². The highest BCUT2D eigenvalue weighted by atomic mass is 19.1. The first kappa shape index (κ1) is 11.0. The zero-order valence-electron chi connectivity index (χ0n) is 10.4. The maximum atomic E-state index is 13.9. The number of fused-ring (bicyclic) bond motifs is 2. The third-order valence-corrected chi connectivity index (χ3v) is 4.47. The highest BCUT2D eigenvalue weighted by Crippen LogP contribution is 2.49. The van der Waals surface area contributed by atoms with Gasteiger partial charge in [0.2, 0.25) is 0 Å². The Morgan fingerprint density at radius 1 is 1.42 bits per heavy atom. The molecule has 0 saturated heterocycles. The lowest BCUT2D eigenvalue weighted by Crippen LogP contribution is -2.51. The van der Waals surface area contributed by atoms with E-state index in [0.29, 0.717) is 24.2 Å². The van der Waals surface area contributed by atoms with Crippen LogP contribution in [0.25, 0.3) is 0 Å². The number of hydrogen-bond donors (Lipinski definition) is 1. The fraction of sp³-hybridized carbons (Fsp3) is 0.429. The first-order valence-corrected chi connectivity index (χ1v) is 6.60. The number of rotatable bonds is 1. The third-order valence-electron chi connectivity index (χ3n) is 4.47. The molecule has 1 fully saturated rings. The van der Waals surface area contributed by atoms with Crippen LogP contribution >= 0.6 is 0 Å². The Morgan fingerprint density at radius 3 is 2.95 bits per heavy atom. The van der Waals surface area contributed by atoms with Crippen molar-refractivity contribution in [2.75, 3.05) is 0 Å². The van der Waals surface area contributed by atoms with Crippen molar-refractivity contribution in [1.29, 1.82) is 0 Å². The molecule has 1 aromatic carbocycles. The van der Waals surface area contributed by atoms with Crippen LogP contribution in [0.4, 0.5) is 9.18 Å². The van der Waals surface area contributed by atoms with Gasteiger partial charge in [-0.2, -0.15) is 4.99 Å². The fourth-order valence-electron chi connectivity index (χ4n) is 3.49. The molecule has 1 aliphatic heterocycles. The minimum Gasteiger partial charge on any atom is -0.385 e. The molecule has 2 N–H and O–H groups in total. The number of nitrogens with zero attached hydrogens (tertiary/aromatic N) is 2. The van der Waals surface area contributed by atoms with E-state index >= 15 is 0 Å². The van der Waals surface area contributed by atoms with E-state index in [-0.39, 0.29) is 17.9 Å². The Balaban J connectivity index is 1.93. The van der Waals surface area contributed by atoms with Crippen LogP contribution < -0.4 is 5.73 Å². The van der Waals surface area contributed by atoms with E-state index in [2.05, 4.69) is 4.99 Å². The summed E-state index contributed by atoms with van der Waals surface area (Å²) in [5.41, 5.74) is 6.87. The lowest BCUT2D eigenvalue weighted by Gasteiger charge is -2.35. The molecular formula is C14H14FN3O. The minimum absolute atomic E-state index is 0.211. The molecule has 1 unspecified atom stereocenters. The first-order chi connectivity index (χ1) is 9.14. The number of hydrogen-bond acceptors (Lipinski definition) is 2. The second-order valence-corrected chi connectivity index (χ2v) is 5.51. The van der Waals surface area contributed by atoms with Gasteiger partial charge < -0.3 is 10.6 Å². The number of carbonyl (C=O) groups excluding carboxylic acids is 1. The normalized spacial score (nSPS) is 29.0. The predicted octanol–water partition coefficient (Wildman–Crippen LogP) is 1.92. The molecule has 2 aliphatic carbocycles. The van der Waals surface area contributed by atoms with Gasteiger partial charge in [-0.15, -0.1) is 0 Å². The second-order valence-electron chi connectivity index (χ2n) is 5.51. The third kappa shape index (κ3) is 1.22. The first-order valence-electron chi connectivity index (χ1n) is 6.60. The van der Waals surface area contributed by atoms with Gasteiger partial charge in [-0.25, -0.2) is 9.18 Å². The average Bonchev–Trinajstić information content (AvgIpc) is 3.06. The highest BCUT2D eigenvalue weighted by Gasteiger charge is 2.57. The van der Waals surface area contributed by atoms with E-state index in [9.17, 15) is 9.18 Å². The fourth-order valence-corrected chi connectivity index (χ4v) is 3.49. The van der Waals surface area contributed by atoms with E-state index in [1.807, 2.05) is 6.07 Å². The summed E-state index contributed by atoms with van der Waals surface area (Å²) < 4.78 is 13.9. The lowest BCUT2D eigenvalue weighted by atomic mass is 9.89. The van der Waals surface area contributed by atoms with Gasteiger partial charge in [0, 0.05) is 6.04 Å². The molecule has 1 aromatic rings. The van der Waals surface area contributed by atoms with E-state index in [1.165, 1.54) is 6.07 Å². The van der Waals surface area contributed by atoms with Crippen LogP contribution in [0.1, 0.15) is 30.4 Å². The summed E-state index contributed by atoms with van der Waals surface area (Å²) in [6.07, 6.45) is 3.22. The molecule has 0 bridgehead atoms. The van der Waals surface area contributed by atoms with Crippen molar-refractivity contribution < 1.29 is 9.18 Å². The van der Waals surface area contributed by atoms with Gasteiger partial charge >= 0.3 is 6.03 Å². The second kappa shape index (κ2) is 3.35. The van der Waals surface area contributed by atoms with Gasteiger partial charge in [0.1, 0.15) is 17.2 Å². The Hall–Kier alpha value is -1.91.